The second-order valence-corrected chi connectivity index (χ2v) is 9.18. The minimum Gasteiger partial charge on any atom is -1.00 e. The maximum Gasteiger partial charge on any atom is -1.00 e. The Hall–Kier alpha value is 0.423. The first-order valence-corrected chi connectivity index (χ1v) is 7.76. The molecule has 0 nitrogen and oxygen atoms in total. The summed E-state index contributed by atoms with van der Waals surface area (Å²) in [6, 6.07) is 0. The molecule has 1 atom stereocenters. The van der Waals surface area contributed by atoms with Crippen molar-refractivity contribution >= 4 is 0 Å². The summed E-state index contributed by atoms with van der Waals surface area (Å²) in [7, 11) is 0. The maximum absolute atomic E-state index is 2.43. The molecular weight excluding hydrogens is 318 g/mol. The van der Waals surface area contributed by atoms with Gasteiger partial charge in [-0.05, 0) is 0 Å². The summed E-state index contributed by atoms with van der Waals surface area (Å²) in [5, 5.41) is 0. The summed E-state index contributed by atoms with van der Waals surface area (Å²) in [6.07, 6.45) is 13.9. The summed E-state index contributed by atoms with van der Waals surface area (Å²) in [6.45, 7) is 6.96. The summed E-state index contributed by atoms with van der Waals surface area (Å²) < 4.78 is 1.26. The van der Waals surface area contributed by atoms with Crippen LogP contribution in [0.2, 0.25) is 6.75 Å². The Balaban J connectivity index is 0.00000112. The average Bonchev–Trinajstić information content (AvgIpc) is 2.72. The third kappa shape index (κ3) is 3.22. The molecule has 86 valence electrons. The fourth-order valence-corrected chi connectivity index (χ4v) is 6.16. The molecule has 0 aromatic carbocycles. The third-order valence-electron chi connectivity index (χ3n) is 3.25. The molecule has 16 heavy (non-hydrogen) atoms. The minimum atomic E-state index is -0.429. The van der Waals surface area contributed by atoms with E-state index in [1.807, 2.05) is 0 Å². The molecule has 0 aliphatic heterocycles. The molecule has 0 saturated heterocycles. The molecule has 0 aromatic heterocycles. The van der Waals surface area contributed by atoms with Crippen LogP contribution < -0.4 is 24.8 Å². The van der Waals surface area contributed by atoms with Gasteiger partial charge >= 0.3 is 98.4 Å². The van der Waals surface area contributed by atoms with Crippen molar-refractivity contribution in [3.8, 4) is 0 Å². The van der Waals surface area contributed by atoms with Gasteiger partial charge in [-0.2, -0.15) is 0 Å². The van der Waals surface area contributed by atoms with Crippen LogP contribution in [0.1, 0.15) is 20.8 Å². The van der Waals surface area contributed by atoms with E-state index >= 15 is 0 Å². The van der Waals surface area contributed by atoms with Gasteiger partial charge in [0.25, 0.3) is 0 Å². The monoisotopic (exact) mass is 332 g/mol. The number of halogens is 2. The largest absolute Gasteiger partial charge is 1.00 e. The second kappa shape index (κ2) is 6.38. The fraction of sp³-hybridized carbons (Fsp3) is 0.385. The molecule has 0 amide bonds. The number of hydrogen-bond donors (Lipinski definition) is 0. The van der Waals surface area contributed by atoms with E-state index in [-0.39, 0.29) is 24.8 Å². The van der Waals surface area contributed by atoms with E-state index < -0.39 is 23.2 Å². The van der Waals surface area contributed by atoms with Crippen molar-refractivity contribution in [2.45, 2.75) is 27.5 Å². The summed E-state index contributed by atoms with van der Waals surface area (Å²) in [5.74, 6) is 0. The molecular formula is C13H16Cl2Zr. The van der Waals surface area contributed by atoms with E-state index in [1.165, 1.54) is 5.57 Å². The SMILES string of the molecule is CC1=C(C)[C](C)([Zr+2][CH]2C=CC=C2)C=C1.[Cl-].[Cl-]. The number of rotatable bonds is 2. The molecule has 0 bridgehead atoms. The van der Waals surface area contributed by atoms with E-state index in [0.717, 1.165) is 3.63 Å². The van der Waals surface area contributed by atoms with Crippen molar-refractivity contribution in [1.82, 2.24) is 0 Å². The Labute approximate surface area is 122 Å². The molecule has 0 heterocycles. The van der Waals surface area contributed by atoms with Gasteiger partial charge in [0.05, 0.1) is 0 Å². The van der Waals surface area contributed by atoms with Gasteiger partial charge in [-0.1, -0.05) is 0 Å². The van der Waals surface area contributed by atoms with Gasteiger partial charge in [-0.3, -0.25) is 0 Å². The predicted octanol–water partition coefficient (Wildman–Crippen LogP) is -1.92. The zero-order valence-electron chi connectivity index (χ0n) is 9.80. The van der Waals surface area contributed by atoms with E-state index in [4.69, 9.17) is 0 Å². The van der Waals surface area contributed by atoms with Crippen LogP contribution in [0.5, 0.6) is 0 Å². The van der Waals surface area contributed by atoms with Crippen molar-refractivity contribution < 1.29 is 48.0 Å². The van der Waals surface area contributed by atoms with Gasteiger partial charge in [0, 0.05) is 0 Å². The van der Waals surface area contributed by atoms with E-state index in [9.17, 15) is 0 Å². The molecule has 0 radical (unpaired) electrons. The van der Waals surface area contributed by atoms with Crippen molar-refractivity contribution in [3.63, 3.8) is 0 Å². The van der Waals surface area contributed by atoms with Gasteiger partial charge in [0.15, 0.2) is 0 Å². The van der Waals surface area contributed by atoms with Crippen LogP contribution in [0.25, 0.3) is 0 Å². The average molecular weight is 334 g/mol. The van der Waals surface area contributed by atoms with Crippen LogP contribution in [0.15, 0.2) is 47.6 Å². The van der Waals surface area contributed by atoms with Crippen LogP contribution in [-0.2, 0) is 23.2 Å². The van der Waals surface area contributed by atoms with Crippen molar-refractivity contribution in [1.29, 1.82) is 0 Å². The van der Waals surface area contributed by atoms with Crippen LogP contribution in [-0.4, -0.2) is 0 Å². The van der Waals surface area contributed by atoms with E-state index in [1.54, 1.807) is 5.57 Å². The van der Waals surface area contributed by atoms with Crippen molar-refractivity contribution in [2.75, 3.05) is 0 Å². The van der Waals surface area contributed by atoms with E-state index in [0.29, 0.717) is 3.12 Å². The standard InChI is InChI=1S/C8H11.C5H5.2ClH.Zr/c1-6-4-5-7(2)8(6)3;1-2-4-5-3-1;;;/h4-5H,1-3H3;1-5H;2*1H;/q;;;;+2/p-2. The molecule has 0 spiro atoms. The van der Waals surface area contributed by atoms with Crippen LogP contribution in [0.3, 0.4) is 0 Å². The Morgan fingerprint density at radius 1 is 1.12 bits per heavy atom. The van der Waals surface area contributed by atoms with Crippen LogP contribution in [0.4, 0.5) is 0 Å². The van der Waals surface area contributed by atoms with Gasteiger partial charge in [-0.15, -0.1) is 0 Å². The quantitative estimate of drug-likeness (QED) is 0.552. The number of allylic oxidation sites excluding steroid dienone is 8. The zero-order valence-corrected chi connectivity index (χ0v) is 13.8. The first kappa shape index (κ1) is 16.4. The first-order chi connectivity index (χ1) is 6.62. The van der Waals surface area contributed by atoms with Gasteiger partial charge in [0.1, 0.15) is 0 Å². The molecule has 2 rings (SSSR count). The predicted molar refractivity (Wildman–Crippen MR) is 57.9 cm³/mol. The fourth-order valence-electron chi connectivity index (χ4n) is 1.98. The van der Waals surface area contributed by atoms with Crippen molar-refractivity contribution in [2.24, 2.45) is 0 Å². The summed E-state index contributed by atoms with van der Waals surface area (Å²) in [5.41, 5.74) is 3.09. The van der Waals surface area contributed by atoms with Gasteiger partial charge < -0.3 is 24.8 Å². The summed E-state index contributed by atoms with van der Waals surface area (Å²) >= 11 is -0.429. The number of hydrogen-bond acceptors (Lipinski definition) is 0. The molecule has 0 fully saturated rings. The maximum atomic E-state index is 2.43. The molecule has 3 heteroatoms. The third-order valence-corrected chi connectivity index (χ3v) is 7.82. The summed E-state index contributed by atoms with van der Waals surface area (Å²) in [4.78, 5) is 0. The Bertz CT molecular complexity index is 354. The molecule has 1 unspecified atom stereocenters. The zero-order chi connectivity index (χ0) is 10.2. The molecule has 0 N–H and O–H groups in total. The van der Waals surface area contributed by atoms with Gasteiger partial charge in [-0.25, -0.2) is 0 Å². The van der Waals surface area contributed by atoms with Crippen molar-refractivity contribution in [3.05, 3.63) is 47.6 Å². The smallest absolute Gasteiger partial charge is 1.00 e. The Kier molecular flexibility index (Phi) is 6.55. The van der Waals surface area contributed by atoms with Gasteiger partial charge in [0.2, 0.25) is 0 Å². The first-order valence-electron chi connectivity index (χ1n) is 5.12. The molecule has 2 aliphatic carbocycles. The Morgan fingerprint density at radius 3 is 2.12 bits per heavy atom. The van der Waals surface area contributed by atoms with Crippen LogP contribution >= 0.6 is 0 Å². The van der Waals surface area contributed by atoms with E-state index in [2.05, 4.69) is 57.2 Å². The second-order valence-electron chi connectivity index (χ2n) is 4.28. The molecule has 0 saturated carbocycles. The normalized spacial score (nSPS) is 26.7. The topological polar surface area (TPSA) is 0 Å². The minimum absolute atomic E-state index is 0. The van der Waals surface area contributed by atoms with Crippen LogP contribution in [0, 0.1) is 0 Å². The molecule has 0 aromatic rings. The Morgan fingerprint density at radius 2 is 1.69 bits per heavy atom. The molecule has 2 aliphatic rings.